The molecule has 0 radical (unpaired) electrons. The zero-order valence-corrected chi connectivity index (χ0v) is 24.7. The number of hydrogen-bond acceptors (Lipinski definition) is 6. The van der Waals surface area contributed by atoms with Crippen LogP contribution in [0.5, 0.6) is 5.75 Å². The van der Waals surface area contributed by atoms with Gasteiger partial charge in [-0.05, 0) is 82.5 Å². The molecule has 2 aliphatic heterocycles. The van der Waals surface area contributed by atoms with Gasteiger partial charge in [0.25, 0.3) is 0 Å². The molecule has 4 heterocycles. The van der Waals surface area contributed by atoms with Crippen molar-refractivity contribution in [1.82, 2.24) is 9.30 Å². The molecule has 214 valence electrons. The molecule has 2 fully saturated rings. The summed E-state index contributed by atoms with van der Waals surface area (Å²) in [6.07, 6.45) is 6.15. The largest absolute Gasteiger partial charge is 0.495 e. The lowest BCUT2D eigenvalue weighted by Crippen LogP contribution is -2.48. The zero-order valence-electron chi connectivity index (χ0n) is 23.0. The van der Waals surface area contributed by atoms with Gasteiger partial charge in [0, 0.05) is 41.4 Å². The third-order valence-corrected chi connectivity index (χ3v) is 10.2. The zero-order chi connectivity index (χ0) is 28.7. The Labute approximate surface area is 237 Å². The maximum atomic E-state index is 13.6. The monoisotopic (exact) mass is 590 g/mol. The van der Waals surface area contributed by atoms with Gasteiger partial charge < -0.3 is 24.3 Å². The number of anilines is 2. The van der Waals surface area contributed by atoms with Crippen LogP contribution in [0.3, 0.4) is 0 Å². The molecule has 3 atom stereocenters. The normalized spacial score (nSPS) is 21.2. The van der Waals surface area contributed by atoms with Gasteiger partial charge in [-0.2, -0.15) is 13.2 Å². The number of halogens is 3. The van der Waals surface area contributed by atoms with E-state index in [4.69, 9.17) is 4.74 Å². The van der Waals surface area contributed by atoms with Crippen molar-refractivity contribution < 1.29 is 22.5 Å². The van der Waals surface area contributed by atoms with Gasteiger partial charge >= 0.3 is 5.51 Å². The number of benzene rings is 1. The van der Waals surface area contributed by atoms with Crippen LogP contribution in [-0.2, 0) is 4.57 Å². The number of nitrogens with one attached hydrogen (secondary N) is 2. The highest BCUT2D eigenvalue weighted by atomic mass is 32.2. The number of piperidine rings is 1. The van der Waals surface area contributed by atoms with Crippen molar-refractivity contribution in [3.05, 3.63) is 48.2 Å². The maximum absolute atomic E-state index is 13.6. The average molecular weight is 591 g/mol. The first kappa shape index (κ1) is 28.8. The Morgan fingerprint density at radius 3 is 2.62 bits per heavy atom. The lowest BCUT2D eigenvalue weighted by Gasteiger charge is -2.38. The number of ether oxygens (including phenoxy) is 1. The summed E-state index contributed by atoms with van der Waals surface area (Å²) < 4.78 is 60.2. The summed E-state index contributed by atoms with van der Waals surface area (Å²) in [5, 5.41) is 7.56. The van der Waals surface area contributed by atoms with E-state index in [1.54, 1.807) is 54.3 Å². The van der Waals surface area contributed by atoms with Crippen molar-refractivity contribution in [1.29, 1.82) is 0 Å². The molecular formula is C29H34F3N4O2PS. The molecule has 2 aliphatic rings. The topological polar surface area (TPSA) is 58.0 Å². The number of hydrogen-bond donors (Lipinski definition) is 2. The molecule has 5 rings (SSSR count). The van der Waals surface area contributed by atoms with Gasteiger partial charge in [0.2, 0.25) is 0 Å². The van der Waals surface area contributed by atoms with E-state index in [-0.39, 0.29) is 29.4 Å². The lowest BCUT2D eigenvalue weighted by molar-refractivity contribution is -0.0329. The molecule has 11 heteroatoms. The van der Waals surface area contributed by atoms with Crippen molar-refractivity contribution in [3.8, 4) is 17.6 Å². The molecule has 6 nitrogen and oxygen atoms in total. The first-order valence-electron chi connectivity index (χ1n) is 13.3. The molecule has 0 amide bonds. The molecule has 2 bridgehead atoms. The average Bonchev–Trinajstić information content (AvgIpc) is 3.34. The summed E-state index contributed by atoms with van der Waals surface area (Å²) in [5.74, 6) is 6.46. The minimum absolute atomic E-state index is 0.0453. The Balaban J connectivity index is 1.40. The van der Waals surface area contributed by atoms with Gasteiger partial charge in [0.05, 0.1) is 36.1 Å². The molecule has 40 heavy (non-hydrogen) atoms. The predicted octanol–water partition coefficient (Wildman–Crippen LogP) is 6.31. The summed E-state index contributed by atoms with van der Waals surface area (Å²) >= 11 is -0.148. The van der Waals surface area contributed by atoms with Crippen LogP contribution in [0.15, 0.2) is 47.6 Å². The van der Waals surface area contributed by atoms with Crippen molar-refractivity contribution in [2.75, 3.05) is 44.7 Å². The van der Waals surface area contributed by atoms with E-state index >= 15 is 0 Å². The van der Waals surface area contributed by atoms with E-state index in [1.165, 1.54) is 13.5 Å². The van der Waals surface area contributed by atoms with Gasteiger partial charge in [-0.3, -0.25) is 4.90 Å². The van der Waals surface area contributed by atoms with E-state index in [0.717, 1.165) is 24.9 Å². The number of methoxy groups -OCH3 is 1. The summed E-state index contributed by atoms with van der Waals surface area (Å²) in [6, 6.07) is 12.0. The second-order valence-corrected chi connectivity index (χ2v) is 15.0. The minimum Gasteiger partial charge on any atom is -0.495 e. The number of alkyl halides is 3. The Morgan fingerprint density at radius 1 is 1.12 bits per heavy atom. The fourth-order valence-electron chi connectivity index (χ4n) is 5.85. The van der Waals surface area contributed by atoms with E-state index in [1.807, 2.05) is 6.07 Å². The highest BCUT2D eigenvalue weighted by molar-refractivity contribution is 8.00. The van der Waals surface area contributed by atoms with E-state index in [9.17, 15) is 17.7 Å². The SMILES string of the molecule is COc1cc(P(C)(C)=O)ccc1NCC#Cc1cc2c(N[C@@H]3CC[C@@H]4CC[C@H]3N4C)cccn2c1SC(F)(F)F. The molecule has 1 aromatic carbocycles. The third-order valence-electron chi connectivity index (χ3n) is 7.88. The highest BCUT2D eigenvalue weighted by Crippen LogP contribution is 2.42. The molecule has 3 aromatic rings. The second-order valence-electron chi connectivity index (χ2n) is 10.8. The molecule has 0 aliphatic carbocycles. The van der Waals surface area contributed by atoms with Gasteiger partial charge in [-0.1, -0.05) is 11.8 Å². The molecule has 0 spiro atoms. The van der Waals surface area contributed by atoms with Crippen molar-refractivity contribution in [3.63, 3.8) is 0 Å². The first-order chi connectivity index (χ1) is 18.9. The van der Waals surface area contributed by atoms with Crippen LogP contribution in [0.1, 0.15) is 31.2 Å². The number of rotatable bonds is 7. The number of likely N-dealkylation sites (N-methyl/N-ethyl adjacent to an activating group) is 1. The minimum atomic E-state index is -4.45. The Morgan fingerprint density at radius 2 is 1.90 bits per heavy atom. The van der Waals surface area contributed by atoms with Crippen LogP contribution in [-0.4, -0.2) is 67.0 Å². The van der Waals surface area contributed by atoms with E-state index < -0.39 is 12.7 Å². The first-order valence-corrected chi connectivity index (χ1v) is 16.7. The van der Waals surface area contributed by atoms with Crippen LogP contribution < -0.4 is 20.7 Å². The van der Waals surface area contributed by atoms with Crippen molar-refractivity contribution in [2.24, 2.45) is 0 Å². The molecule has 0 saturated carbocycles. The van der Waals surface area contributed by atoms with Gasteiger partial charge in [-0.25, -0.2) is 0 Å². The molecule has 2 saturated heterocycles. The number of fused-ring (bicyclic) bond motifs is 3. The molecule has 2 N–H and O–H groups in total. The Kier molecular flexibility index (Phi) is 8.11. The molecule has 0 unspecified atom stereocenters. The summed E-state index contributed by atoms with van der Waals surface area (Å²) in [5.41, 5.74) is -1.98. The van der Waals surface area contributed by atoms with Crippen molar-refractivity contribution in [2.45, 2.75) is 54.3 Å². The van der Waals surface area contributed by atoms with E-state index in [2.05, 4.69) is 34.4 Å². The lowest BCUT2D eigenvalue weighted by atomic mass is 9.97. The number of pyridine rings is 1. The fourth-order valence-corrected chi connectivity index (χ4v) is 7.40. The third kappa shape index (κ3) is 6.12. The van der Waals surface area contributed by atoms with Crippen LogP contribution in [0.25, 0.3) is 5.52 Å². The van der Waals surface area contributed by atoms with Crippen molar-refractivity contribution >= 4 is 41.1 Å². The van der Waals surface area contributed by atoms with Crippen LogP contribution in [0.4, 0.5) is 24.5 Å². The van der Waals surface area contributed by atoms with Crippen LogP contribution in [0.2, 0.25) is 0 Å². The summed E-state index contributed by atoms with van der Waals surface area (Å²) in [6.45, 7) is 3.57. The summed E-state index contributed by atoms with van der Waals surface area (Å²) in [4.78, 5) is 2.44. The molecular weight excluding hydrogens is 556 g/mol. The Bertz CT molecular complexity index is 1510. The fraction of sp³-hybridized carbons (Fsp3) is 0.448. The van der Waals surface area contributed by atoms with Gasteiger partial charge in [0.1, 0.15) is 17.9 Å². The quantitative estimate of drug-likeness (QED) is 0.191. The van der Waals surface area contributed by atoms with Gasteiger partial charge in [0.15, 0.2) is 0 Å². The maximum Gasteiger partial charge on any atom is 0.447 e. The van der Waals surface area contributed by atoms with Crippen LogP contribution in [0, 0.1) is 11.8 Å². The van der Waals surface area contributed by atoms with Gasteiger partial charge in [-0.15, -0.1) is 0 Å². The smallest absolute Gasteiger partial charge is 0.447 e. The number of aromatic nitrogens is 1. The predicted molar refractivity (Wildman–Crippen MR) is 158 cm³/mol. The number of thioether (sulfide) groups is 1. The summed E-state index contributed by atoms with van der Waals surface area (Å²) in [7, 11) is 1.25. The highest BCUT2D eigenvalue weighted by Gasteiger charge is 2.40. The Hall–Kier alpha value is -2.73. The van der Waals surface area contributed by atoms with Crippen LogP contribution >= 0.6 is 18.9 Å². The molecule has 2 aromatic heterocycles. The standard InChI is InChI=1S/C29H34F3N4O2PS/c1-35-20-9-12-23(25(35)14-10-20)34-22-8-6-16-36-26(22)17-19(28(36)40-29(30,31)32)7-5-15-33-24-13-11-21(39(3,4)37)18-27(24)38-2/h6,8,11,13,16-18,20,23,25,33-34H,9-10,12,14-15H2,1-4H3/t20-,23-,25-/m1/s1. The number of nitrogens with zero attached hydrogens (tertiary/aromatic N) is 2. The second kappa shape index (κ2) is 11.3. The van der Waals surface area contributed by atoms with E-state index in [0.29, 0.717) is 39.9 Å².